The maximum atomic E-state index is 12.6. The lowest BCUT2D eigenvalue weighted by molar-refractivity contribution is -0.123. The van der Waals surface area contributed by atoms with Gasteiger partial charge in [0.25, 0.3) is 5.91 Å². The predicted molar refractivity (Wildman–Crippen MR) is 111 cm³/mol. The quantitative estimate of drug-likeness (QED) is 0.665. The standard InChI is InChI=1S/C21H17ClN4O4/c1-11-19(12-3-2-4-13(22)7-12)20-24-21(28)15(26(20)25-11)9-18(27)23-14-5-6-16-17(8-14)30-10-29-16/h2-8,15H,9-10H2,1H3,(H,23,27)(H,24,28). The van der Waals surface area contributed by atoms with Gasteiger partial charge in [-0.15, -0.1) is 0 Å². The van der Waals surface area contributed by atoms with Crippen LogP contribution in [-0.2, 0) is 9.59 Å². The summed E-state index contributed by atoms with van der Waals surface area (Å²) >= 11 is 6.12. The van der Waals surface area contributed by atoms with Crippen molar-refractivity contribution in [2.45, 2.75) is 19.4 Å². The number of carbonyl (C=O) groups is 2. The Morgan fingerprint density at radius 2 is 2.10 bits per heavy atom. The highest BCUT2D eigenvalue weighted by Gasteiger charge is 2.36. The molecule has 0 spiro atoms. The third-order valence-corrected chi connectivity index (χ3v) is 5.31. The fraction of sp³-hybridized carbons (Fsp3) is 0.190. The van der Waals surface area contributed by atoms with Crippen LogP contribution in [0.25, 0.3) is 11.1 Å². The van der Waals surface area contributed by atoms with Gasteiger partial charge in [0.2, 0.25) is 12.7 Å². The number of benzene rings is 2. The van der Waals surface area contributed by atoms with Crippen LogP contribution in [0.1, 0.15) is 18.2 Å². The van der Waals surface area contributed by atoms with E-state index in [0.717, 1.165) is 16.8 Å². The van der Waals surface area contributed by atoms with Gasteiger partial charge in [-0.1, -0.05) is 23.7 Å². The zero-order valence-electron chi connectivity index (χ0n) is 15.9. The molecule has 2 aliphatic heterocycles. The summed E-state index contributed by atoms with van der Waals surface area (Å²) in [6.07, 6.45) is -0.0522. The summed E-state index contributed by atoms with van der Waals surface area (Å²) in [4.78, 5) is 25.2. The lowest BCUT2D eigenvalue weighted by Gasteiger charge is -2.10. The van der Waals surface area contributed by atoms with Crippen LogP contribution in [0.5, 0.6) is 11.5 Å². The van der Waals surface area contributed by atoms with E-state index in [1.807, 2.05) is 25.1 Å². The Balaban J connectivity index is 1.37. The van der Waals surface area contributed by atoms with Gasteiger partial charge in [0.1, 0.15) is 11.9 Å². The molecule has 30 heavy (non-hydrogen) atoms. The first-order valence-corrected chi connectivity index (χ1v) is 9.73. The van der Waals surface area contributed by atoms with Crippen LogP contribution in [-0.4, -0.2) is 28.4 Å². The fourth-order valence-electron chi connectivity index (χ4n) is 3.73. The van der Waals surface area contributed by atoms with Gasteiger partial charge in [0.15, 0.2) is 11.5 Å². The monoisotopic (exact) mass is 424 g/mol. The number of anilines is 2. The molecule has 3 heterocycles. The molecule has 2 N–H and O–H groups in total. The Morgan fingerprint density at radius 1 is 1.27 bits per heavy atom. The topological polar surface area (TPSA) is 94.5 Å². The van der Waals surface area contributed by atoms with Crippen molar-refractivity contribution in [3.63, 3.8) is 0 Å². The molecule has 5 rings (SSSR count). The number of carbonyl (C=O) groups excluding carboxylic acids is 2. The molecule has 0 radical (unpaired) electrons. The molecular formula is C21H17ClN4O4. The minimum absolute atomic E-state index is 0.0522. The number of hydrogen-bond donors (Lipinski definition) is 2. The van der Waals surface area contributed by atoms with Crippen molar-refractivity contribution in [3.8, 4) is 22.6 Å². The van der Waals surface area contributed by atoms with Crippen LogP contribution in [0.15, 0.2) is 42.5 Å². The largest absolute Gasteiger partial charge is 0.454 e. The normalized spacial score (nSPS) is 16.3. The molecule has 2 aromatic carbocycles. The number of fused-ring (bicyclic) bond motifs is 2. The highest BCUT2D eigenvalue weighted by Crippen LogP contribution is 2.39. The number of halogens is 1. The van der Waals surface area contributed by atoms with Crippen molar-refractivity contribution in [1.29, 1.82) is 0 Å². The number of aromatic nitrogens is 2. The van der Waals surface area contributed by atoms with Crippen molar-refractivity contribution < 1.29 is 19.1 Å². The van der Waals surface area contributed by atoms with Crippen LogP contribution in [0.4, 0.5) is 11.5 Å². The number of nitrogens with one attached hydrogen (secondary N) is 2. The van der Waals surface area contributed by atoms with Gasteiger partial charge in [-0.05, 0) is 36.8 Å². The molecule has 8 nitrogen and oxygen atoms in total. The summed E-state index contributed by atoms with van der Waals surface area (Å²) in [6, 6.07) is 11.8. The summed E-state index contributed by atoms with van der Waals surface area (Å²) in [6.45, 7) is 2.02. The van der Waals surface area contributed by atoms with Crippen molar-refractivity contribution in [2.24, 2.45) is 0 Å². The van der Waals surface area contributed by atoms with Gasteiger partial charge in [0, 0.05) is 22.3 Å². The van der Waals surface area contributed by atoms with Gasteiger partial charge in [-0.25, -0.2) is 4.68 Å². The van der Waals surface area contributed by atoms with Gasteiger partial charge >= 0.3 is 0 Å². The third kappa shape index (κ3) is 3.15. The van der Waals surface area contributed by atoms with Gasteiger partial charge < -0.3 is 20.1 Å². The second-order valence-electron chi connectivity index (χ2n) is 7.09. The van der Waals surface area contributed by atoms with Crippen molar-refractivity contribution in [2.75, 3.05) is 17.4 Å². The molecule has 0 saturated heterocycles. The van der Waals surface area contributed by atoms with Crippen LogP contribution in [0, 0.1) is 6.92 Å². The number of hydrogen-bond acceptors (Lipinski definition) is 5. The first kappa shape index (κ1) is 18.5. The lowest BCUT2D eigenvalue weighted by atomic mass is 10.1. The minimum Gasteiger partial charge on any atom is -0.454 e. The van der Waals surface area contributed by atoms with E-state index in [-0.39, 0.29) is 25.0 Å². The number of amides is 2. The molecule has 3 aromatic rings. The van der Waals surface area contributed by atoms with E-state index >= 15 is 0 Å². The van der Waals surface area contributed by atoms with E-state index in [1.54, 1.807) is 28.9 Å². The van der Waals surface area contributed by atoms with Crippen LogP contribution >= 0.6 is 11.6 Å². The third-order valence-electron chi connectivity index (χ3n) is 5.07. The summed E-state index contributed by atoms with van der Waals surface area (Å²) in [7, 11) is 0. The molecule has 2 aliphatic rings. The molecule has 9 heteroatoms. The lowest BCUT2D eigenvalue weighted by Crippen LogP contribution is -2.23. The van der Waals surface area contributed by atoms with E-state index in [0.29, 0.717) is 28.0 Å². The molecular weight excluding hydrogens is 408 g/mol. The summed E-state index contributed by atoms with van der Waals surface area (Å²) in [5.74, 6) is 1.19. The van der Waals surface area contributed by atoms with Crippen LogP contribution < -0.4 is 20.1 Å². The van der Waals surface area contributed by atoms with Gasteiger partial charge in [0.05, 0.1) is 12.1 Å². The number of aryl methyl sites for hydroxylation is 1. The number of ether oxygens (including phenoxy) is 2. The zero-order chi connectivity index (χ0) is 20.8. The second-order valence-corrected chi connectivity index (χ2v) is 7.53. The SMILES string of the molecule is Cc1nn2c(c1-c1cccc(Cl)c1)NC(=O)C2CC(=O)Nc1ccc2c(c1)OCO2. The minimum atomic E-state index is -0.736. The first-order valence-electron chi connectivity index (χ1n) is 9.35. The maximum absolute atomic E-state index is 12.6. The van der Waals surface area contributed by atoms with Crippen molar-refractivity contribution in [3.05, 3.63) is 53.2 Å². The smallest absolute Gasteiger partial charge is 0.251 e. The average Bonchev–Trinajstić information content (AvgIpc) is 3.36. The Morgan fingerprint density at radius 3 is 2.93 bits per heavy atom. The van der Waals surface area contributed by atoms with Crippen molar-refractivity contribution in [1.82, 2.24) is 9.78 Å². The van der Waals surface area contributed by atoms with Crippen LogP contribution in [0.2, 0.25) is 5.02 Å². The molecule has 0 bridgehead atoms. The number of rotatable bonds is 4. The zero-order valence-corrected chi connectivity index (χ0v) is 16.7. The van der Waals surface area contributed by atoms with Crippen LogP contribution in [0.3, 0.4) is 0 Å². The maximum Gasteiger partial charge on any atom is 0.251 e. The Kier molecular flexibility index (Phi) is 4.36. The van der Waals surface area contributed by atoms with E-state index in [4.69, 9.17) is 21.1 Å². The van der Waals surface area contributed by atoms with Gasteiger partial charge in [-0.2, -0.15) is 5.10 Å². The molecule has 1 aromatic heterocycles. The number of nitrogens with zero attached hydrogens (tertiary/aromatic N) is 2. The Bertz CT molecular complexity index is 1190. The summed E-state index contributed by atoms with van der Waals surface area (Å²) in [5.41, 5.74) is 2.96. The predicted octanol–water partition coefficient (Wildman–Crippen LogP) is 3.76. The van der Waals surface area contributed by atoms with Crippen molar-refractivity contribution >= 4 is 34.9 Å². The highest BCUT2D eigenvalue weighted by atomic mass is 35.5. The molecule has 1 atom stereocenters. The molecule has 152 valence electrons. The summed E-state index contributed by atoms with van der Waals surface area (Å²) in [5, 5.41) is 10.8. The molecule has 2 amide bonds. The highest BCUT2D eigenvalue weighted by molar-refractivity contribution is 6.30. The Labute approximate surface area is 176 Å². The van der Waals surface area contributed by atoms with E-state index in [1.165, 1.54) is 0 Å². The van der Waals surface area contributed by atoms with E-state index < -0.39 is 6.04 Å². The first-order chi connectivity index (χ1) is 14.5. The van der Waals surface area contributed by atoms with Gasteiger partial charge in [-0.3, -0.25) is 9.59 Å². The second kappa shape index (κ2) is 7.07. The molecule has 1 unspecified atom stereocenters. The average molecular weight is 425 g/mol. The van der Waals surface area contributed by atoms with E-state index in [9.17, 15) is 9.59 Å². The fourth-order valence-corrected chi connectivity index (χ4v) is 3.92. The molecule has 0 aliphatic carbocycles. The molecule has 0 saturated carbocycles. The summed E-state index contributed by atoms with van der Waals surface area (Å²) < 4.78 is 12.2. The van der Waals surface area contributed by atoms with E-state index in [2.05, 4.69) is 15.7 Å². The Hall–Kier alpha value is -3.52. The molecule has 0 fully saturated rings.